The monoisotopic (exact) mass is 335 g/mol. The van der Waals surface area contributed by atoms with Crippen molar-refractivity contribution >= 4 is 44.5 Å². The van der Waals surface area contributed by atoms with Crippen molar-refractivity contribution in [3.05, 3.63) is 29.3 Å². The van der Waals surface area contributed by atoms with Crippen LogP contribution in [0.15, 0.2) is 24.3 Å². The van der Waals surface area contributed by atoms with Gasteiger partial charge < -0.3 is 9.80 Å². The molecule has 1 atom stereocenters. The summed E-state index contributed by atoms with van der Waals surface area (Å²) in [4.78, 5) is 31.9. The summed E-state index contributed by atoms with van der Waals surface area (Å²) in [6, 6.07) is 7.85. The quantitative estimate of drug-likeness (QED) is 0.862. The van der Waals surface area contributed by atoms with Gasteiger partial charge in [-0.05, 0) is 19.1 Å². The normalized spacial score (nSPS) is 16.3. The van der Waals surface area contributed by atoms with Gasteiger partial charge in [0.15, 0.2) is 0 Å². The zero-order chi connectivity index (χ0) is 15.7. The SMILES string of the molecule is C[C@H](c1nc2ccccc2s1)N(C)C(=O)CN1CCSC1=O. The van der Waals surface area contributed by atoms with Gasteiger partial charge in [-0.3, -0.25) is 9.59 Å². The van der Waals surface area contributed by atoms with E-state index in [4.69, 9.17) is 0 Å². The van der Waals surface area contributed by atoms with Gasteiger partial charge in [0.1, 0.15) is 11.6 Å². The molecular formula is C15H17N3O2S2. The molecule has 1 saturated heterocycles. The fraction of sp³-hybridized carbons (Fsp3) is 0.400. The van der Waals surface area contributed by atoms with Crippen LogP contribution in [0.2, 0.25) is 0 Å². The number of hydrogen-bond donors (Lipinski definition) is 0. The zero-order valence-corrected chi connectivity index (χ0v) is 14.1. The lowest BCUT2D eigenvalue weighted by Crippen LogP contribution is -2.39. The Kier molecular flexibility index (Phi) is 4.35. The number of thioether (sulfide) groups is 1. The molecule has 3 rings (SSSR count). The standard InChI is InChI=1S/C15H17N3O2S2/c1-10(14-16-11-5-3-4-6-12(11)22-14)17(2)13(19)9-18-7-8-21-15(18)20/h3-6,10H,7-9H2,1-2H3/t10-/m1/s1. The molecule has 1 aromatic carbocycles. The molecule has 2 heterocycles. The van der Waals surface area contributed by atoms with E-state index in [1.54, 1.807) is 28.2 Å². The van der Waals surface area contributed by atoms with Crippen LogP contribution in [0.25, 0.3) is 10.2 Å². The average molecular weight is 335 g/mol. The number of carbonyl (C=O) groups excluding carboxylic acids is 2. The molecule has 0 saturated carbocycles. The summed E-state index contributed by atoms with van der Waals surface area (Å²) in [6.45, 7) is 2.77. The molecule has 116 valence electrons. The molecular weight excluding hydrogens is 318 g/mol. The fourth-order valence-electron chi connectivity index (χ4n) is 2.29. The van der Waals surface area contributed by atoms with Gasteiger partial charge in [0.05, 0.1) is 16.3 Å². The lowest BCUT2D eigenvalue weighted by atomic mass is 10.3. The number of benzene rings is 1. The number of rotatable bonds is 4. The molecule has 0 aliphatic carbocycles. The fourth-order valence-corrected chi connectivity index (χ4v) is 4.18. The molecule has 7 heteroatoms. The van der Waals surface area contributed by atoms with Crippen LogP contribution in [-0.4, -0.2) is 51.8 Å². The van der Waals surface area contributed by atoms with Crippen LogP contribution in [0.1, 0.15) is 18.0 Å². The summed E-state index contributed by atoms with van der Waals surface area (Å²) < 4.78 is 1.12. The highest BCUT2D eigenvalue weighted by Crippen LogP contribution is 2.29. The summed E-state index contributed by atoms with van der Waals surface area (Å²) in [7, 11) is 1.77. The van der Waals surface area contributed by atoms with Crippen molar-refractivity contribution in [1.82, 2.24) is 14.8 Å². The molecule has 1 aliphatic rings. The largest absolute Gasteiger partial charge is 0.335 e. The third-order valence-corrected chi connectivity index (χ3v) is 5.91. The second-order valence-corrected chi connectivity index (χ2v) is 7.34. The van der Waals surface area contributed by atoms with Gasteiger partial charge in [0, 0.05) is 19.3 Å². The second kappa shape index (κ2) is 6.26. The minimum absolute atomic E-state index is 0.00519. The van der Waals surface area contributed by atoms with Crippen molar-refractivity contribution in [2.45, 2.75) is 13.0 Å². The van der Waals surface area contributed by atoms with Crippen molar-refractivity contribution in [3.63, 3.8) is 0 Å². The van der Waals surface area contributed by atoms with Crippen LogP contribution in [0, 0.1) is 0 Å². The minimum atomic E-state index is -0.102. The number of fused-ring (bicyclic) bond motifs is 1. The number of nitrogens with zero attached hydrogens (tertiary/aromatic N) is 3. The summed E-state index contributed by atoms with van der Waals surface area (Å²) in [6.07, 6.45) is 0. The number of aromatic nitrogens is 1. The maximum atomic E-state index is 12.4. The van der Waals surface area contributed by atoms with Gasteiger partial charge in [-0.15, -0.1) is 11.3 Å². The lowest BCUT2D eigenvalue weighted by molar-refractivity contribution is -0.132. The molecule has 0 bridgehead atoms. The molecule has 5 nitrogen and oxygen atoms in total. The Morgan fingerprint density at radius 1 is 1.45 bits per heavy atom. The molecule has 1 aromatic heterocycles. The van der Waals surface area contributed by atoms with Crippen molar-refractivity contribution in [3.8, 4) is 0 Å². The van der Waals surface area contributed by atoms with Gasteiger partial charge in [0.2, 0.25) is 5.91 Å². The van der Waals surface area contributed by atoms with Crippen LogP contribution < -0.4 is 0 Å². The first-order valence-electron chi connectivity index (χ1n) is 7.09. The van der Waals surface area contributed by atoms with Gasteiger partial charge in [-0.1, -0.05) is 23.9 Å². The Morgan fingerprint density at radius 3 is 2.91 bits per heavy atom. The number of carbonyl (C=O) groups is 2. The summed E-state index contributed by atoms with van der Waals surface area (Å²) in [5.41, 5.74) is 0.960. The Labute approximate surface area is 137 Å². The highest BCUT2D eigenvalue weighted by Gasteiger charge is 2.27. The van der Waals surface area contributed by atoms with Crippen LogP contribution >= 0.6 is 23.1 Å². The van der Waals surface area contributed by atoms with Crippen molar-refractivity contribution in [1.29, 1.82) is 0 Å². The van der Waals surface area contributed by atoms with Gasteiger partial charge in [-0.2, -0.15) is 0 Å². The zero-order valence-electron chi connectivity index (χ0n) is 12.5. The first kappa shape index (κ1) is 15.3. The number of amides is 2. The van der Waals surface area contributed by atoms with Crippen LogP contribution in [-0.2, 0) is 4.79 Å². The first-order chi connectivity index (χ1) is 10.6. The van der Waals surface area contributed by atoms with E-state index in [9.17, 15) is 9.59 Å². The van der Waals surface area contributed by atoms with Gasteiger partial charge in [0.25, 0.3) is 5.24 Å². The van der Waals surface area contributed by atoms with E-state index in [1.165, 1.54) is 11.8 Å². The Balaban J connectivity index is 1.71. The summed E-state index contributed by atoms with van der Waals surface area (Å²) in [5.74, 6) is 0.714. The number of likely N-dealkylation sites (N-methyl/N-ethyl adjacent to an activating group) is 1. The summed E-state index contributed by atoms with van der Waals surface area (Å²) in [5, 5.41) is 0.911. The van der Waals surface area contributed by atoms with Gasteiger partial charge >= 0.3 is 0 Å². The van der Waals surface area contributed by atoms with Crippen molar-refractivity contribution in [2.75, 3.05) is 25.9 Å². The van der Waals surface area contributed by atoms with E-state index in [-0.39, 0.29) is 23.7 Å². The van der Waals surface area contributed by atoms with Crippen LogP contribution in [0.4, 0.5) is 4.79 Å². The predicted octanol–water partition coefficient (Wildman–Crippen LogP) is 2.98. The average Bonchev–Trinajstić information content (AvgIpc) is 3.12. The second-order valence-electron chi connectivity index (χ2n) is 5.24. The minimum Gasteiger partial charge on any atom is -0.335 e. The molecule has 22 heavy (non-hydrogen) atoms. The first-order valence-corrected chi connectivity index (χ1v) is 8.89. The van der Waals surface area contributed by atoms with Crippen LogP contribution in [0.3, 0.4) is 0 Å². The molecule has 0 radical (unpaired) electrons. The van der Waals surface area contributed by atoms with Crippen LogP contribution in [0.5, 0.6) is 0 Å². The highest BCUT2D eigenvalue weighted by atomic mass is 32.2. The van der Waals surface area contributed by atoms with E-state index in [0.717, 1.165) is 21.0 Å². The highest BCUT2D eigenvalue weighted by molar-refractivity contribution is 8.13. The lowest BCUT2D eigenvalue weighted by Gasteiger charge is -2.25. The topological polar surface area (TPSA) is 53.5 Å². The maximum absolute atomic E-state index is 12.4. The van der Waals surface area contributed by atoms with E-state index < -0.39 is 0 Å². The number of thiazole rings is 1. The number of para-hydroxylation sites is 1. The predicted molar refractivity (Wildman–Crippen MR) is 90.2 cm³/mol. The Hall–Kier alpha value is -1.60. The van der Waals surface area contributed by atoms with Crippen molar-refractivity contribution < 1.29 is 9.59 Å². The van der Waals surface area contributed by atoms with E-state index in [1.807, 2.05) is 31.2 Å². The summed E-state index contributed by atoms with van der Waals surface area (Å²) >= 11 is 2.88. The Morgan fingerprint density at radius 2 is 2.23 bits per heavy atom. The van der Waals surface area contributed by atoms with E-state index >= 15 is 0 Å². The molecule has 0 N–H and O–H groups in total. The smallest absolute Gasteiger partial charge is 0.282 e. The third kappa shape index (κ3) is 2.96. The van der Waals surface area contributed by atoms with E-state index in [2.05, 4.69) is 4.98 Å². The molecule has 0 unspecified atom stereocenters. The van der Waals surface area contributed by atoms with Crippen molar-refractivity contribution in [2.24, 2.45) is 0 Å². The Bertz CT molecular complexity index is 683. The molecule has 1 aliphatic heterocycles. The third-order valence-electron chi connectivity index (χ3n) is 3.81. The molecule has 1 fully saturated rings. The van der Waals surface area contributed by atoms with Gasteiger partial charge in [-0.25, -0.2) is 4.98 Å². The number of hydrogen-bond acceptors (Lipinski definition) is 5. The molecule has 2 amide bonds. The maximum Gasteiger partial charge on any atom is 0.282 e. The molecule has 2 aromatic rings. The van der Waals surface area contributed by atoms with E-state index in [0.29, 0.717) is 6.54 Å². The molecule has 0 spiro atoms.